The zero-order valence-electron chi connectivity index (χ0n) is 14.7. The van der Waals surface area contributed by atoms with E-state index in [0.717, 1.165) is 36.3 Å². The standard InChI is InChI=1S/C20H20N4O2S/c27-20-23-22-19(18-11-6-12-25-18)24(20)21-13-16-9-4-5-10-17(16)26-14-15-7-2-1-3-8-15/h1-5,7-10,13,18H,6,11-12,14H2,(H,23,27)/b21-13-/t18-/m1/s1. The molecular weight excluding hydrogens is 360 g/mol. The average Bonchev–Trinajstić information content (AvgIpc) is 3.36. The maximum Gasteiger partial charge on any atom is 0.216 e. The lowest BCUT2D eigenvalue weighted by Gasteiger charge is -2.10. The van der Waals surface area contributed by atoms with Gasteiger partial charge in [-0.25, -0.2) is 0 Å². The van der Waals surface area contributed by atoms with Gasteiger partial charge in [0.05, 0.1) is 6.21 Å². The fraction of sp³-hybridized carbons (Fsp3) is 0.250. The van der Waals surface area contributed by atoms with Crippen LogP contribution in [0.1, 0.15) is 35.9 Å². The van der Waals surface area contributed by atoms with Crippen LogP contribution in [0.4, 0.5) is 0 Å². The van der Waals surface area contributed by atoms with Crippen molar-refractivity contribution in [2.24, 2.45) is 5.10 Å². The second-order valence-electron chi connectivity index (χ2n) is 6.26. The third-order valence-corrected chi connectivity index (χ3v) is 4.63. The maximum absolute atomic E-state index is 5.98. The van der Waals surface area contributed by atoms with Crippen molar-refractivity contribution in [1.82, 2.24) is 14.9 Å². The number of aromatic amines is 1. The molecular formula is C20H20N4O2S. The lowest BCUT2D eigenvalue weighted by atomic mass is 10.2. The molecule has 6 nitrogen and oxygen atoms in total. The second kappa shape index (κ2) is 8.28. The molecule has 2 aromatic carbocycles. The third kappa shape index (κ3) is 4.15. The Kier molecular flexibility index (Phi) is 5.41. The van der Waals surface area contributed by atoms with Gasteiger partial charge in [0.15, 0.2) is 5.82 Å². The zero-order valence-corrected chi connectivity index (χ0v) is 15.6. The SMILES string of the molecule is S=c1[nH]nc([C@H]2CCCO2)n1/N=C\c1ccccc1OCc1ccccc1. The summed E-state index contributed by atoms with van der Waals surface area (Å²) in [5, 5.41) is 11.6. The number of H-pyrrole nitrogens is 1. The first kappa shape index (κ1) is 17.6. The fourth-order valence-corrected chi connectivity index (χ4v) is 3.17. The molecule has 1 saturated heterocycles. The highest BCUT2D eigenvalue weighted by Gasteiger charge is 2.23. The molecule has 7 heteroatoms. The Bertz CT molecular complexity index is 975. The van der Waals surface area contributed by atoms with Gasteiger partial charge in [-0.2, -0.15) is 14.9 Å². The van der Waals surface area contributed by atoms with Crippen molar-refractivity contribution >= 4 is 18.4 Å². The molecule has 1 aliphatic heterocycles. The molecule has 0 unspecified atom stereocenters. The lowest BCUT2D eigenvalue weighted by molar-refractivity contribution is 0.102. The number of nitrogens with zero attached hydrogens (tertiary/aromatic N) is 3. The number of ether oxygens (including phenoxy) is 2. The summed E-state index contributed by atoms with van der Waals surface area (Å²) in [4.78, 5) is 0. The van der Waals surface area contributed by atoms with Crippen LogP contribution in [0.15, 0.2) is 59.7 Å². The van der Waals surface area contributed by atoms with Gasteiger partial charge in [0.2, 0.25) is 4.77 Å². The molecule has 0 amide bonds. The number of para-hydroxylation sites is 1. The smallest absolute Gasteiger partial charge is 0.216 e. The molecule has 1 aliphatic rings. The topological polar surface area (TPSA) is 64.4 Å². The van der Waals surface area contributed by atoms with Gasteiger partial charge in [-0.1, -0.05) is 42.5 Å². The summed E-state index contributed by atoms with van der Waals surface area (Å²) in [7, 11) is 0. The van der Waals surface area contributed by atoms with Crippen molar-refractivity contribution in [3.63, 3.8) is 0 Å². The molecule has 4 rings (SSSR count). The Labute approximate surface area is 162 Å². The van der Waals surface area contributed by atoms with E-state index in [4.69, 9.17) is 21.7 Å². The number of nitrogens with one attached hydrogen (secondary N) is 1. The normalized spacial score (nSPS) is 16.8. The largest absolute Gasteiger partial charge is 0.488 e. The van der Waals surface area contributed by atoms with Gasteiger partial charge in [0.25, 0.3) is 0 Å². The van der Waals surface area contributed by atoms with E-state index in [1.54, 1.807) is 10.9 Å². The van der Waals surface area contributed by atoms with Crippen LogP contribution in [0.5, 0.6) is 5.75 Å². The average molecular weight is 380 g/mol. The molecule has 3 aromatic rings. The van der Waals surface area contributed by atoms with Crippen LogP contribution in [0, 0.1) is 4.77 Å². The summed E-state index contributed by atoms with van der Waals surface area (Å²) in [6.07, 6.45) is 3.61. The van der Waals surface area contributed by atoms with Gasteiger partial charge < -0.3 is 9.47 Å². The summed E-state index contributed by atoms with van der Waals surface area (Å²) in [6, 6.07) is 17.8. The molecule has 0 aliphatic carbocycles. The Balaban J connectivity index is 1.55. The number of aromatic nitrogens is 3. The summed E-state index contributed by atoms with van der Waals surface area (Å²) < 4.78 is 13.8. The summed E-state index contributed by atoms with van der Waals surface area (Å²) in [5.41, 5.74) is 1.98. The molecule has 1 atom stereocenters. The minimum atomic E-state index is -0.0697. The van der Waals surface area contributed by atoms with Crippen molar-refractivity contribution in [2.45, 2.75) is 25.6 Å². The minimum Gasteiger partial charge on any atom is -0.488 e. The maximum atomic E-state index is 5.98. The first-order chi connectivity index (χ1) is 13.3. The van der Waals surface area contributed by atoms with Crippen molar-refractivity contribution in [3.05, 3.63) is 76.3 Å². The minimum absolute atomic E-state index is 0.0697. The molecule has 0 bridgehead atoms. The van der Waals surface area contributed by atoms with Crippen molar-refractivity contribution in [2.75, 3.05) is 6.61 Å². The van der Waals surface area contributed by atoms with E-state index in [0.29, 0.717) is 17.2 Å². The van der Waals surface area contributed by atoms with Crippen LogP contribution in [0.3, 0.4) is 0 Å². The molecule has 1 N–H and O–H groups in total. The van der Waals surface area contributed by atoms with Gasteiger partial charge in [-0.05, 0) is 42.8 Å². The highest BCUT2D eigenvalue weighted by Crippen LogP contribution is 2.27. The Morgan fingerprint density at radius 2 is 2.04 bits per heavy atom. The molecule has 2 heterocycles. The third-order valence-electron chi connectivity index (χ3n) is 4.36. The van der Waals surface area contributed by atoms with Gasteiger partial charge in [0, 0.05) is 12.2 Å². The number of rotatable bonds is 6. The van der Waals surface area contributed by atoms with Gasteiger partial charge in [0.1, 0.15) is 18.5 Å². The van der Waals surface area contributed by atoms with E-state index in [2.05, 4.69) is 15.3 Å². The van der Waals surface area contributed by atoms with Crippen LogP contribution in [-0.4, -0.2) is 27.7 Å². The van der Waals surface area contributed by atoms with E-state index in [-0.39, 0.29) is 6.10 Å². The van der Waals surface area contributed by atoms with E-state index in [1.165, 1.54) is 0 Å². The van der Waals surface area contributed by atoms with Gasteiger partial charge >= 0.3 is 0 Å². The summed E-state index contributed by atoms with van der Waals surface area (Å²) >= 11 is 5.32. The van der Waals surface area contributed by atoms with E-state index < -0.39 is 0 Å². The van der Waals surface area contributed by atoms with E-state index in [1.807, 2.05) is 54.6 Å². The van der Waals surface area contributed by atoms with E-state index >= 15 is 0 Å². The molecule has 0 radical (unpaired) electrons. The fourth-order valence-electron chi connectivity index (χ4n) is 2.98. The summed E-state index contributed by atoms with van der Waals surface area (Å²) in [6.45, 7) is 1.24. The quantitative estimate of drug-likeness (QED) is 0.513. The predicted octanol–water partition coefficient (Wildman–Crippen LogP) is 4.25. The summed E-state index contributed by atoms with van der Waals surface area (Å²) in [5.74, 6) is 1.47. The Hall–Kier alpha value is -2.77. The van der Waals surface area contributed by atoms with E-state index in [9.17, 15) is 0 Å². The molecule has 0 spiro atoms. The monoisotopic (exact) mass is 380 g/mol. The predicted molar refractivity (Wildman–Crippen MR) is 106 cm³/mol. The van der Waals surface area contributed by atoms with Crippen LogP contribution in [-0.2, 0) is 11.3 Å². The first-order valence-electron chi connectivity index (χ1n) is 8.90. The second-order valence-corrected chi connectivity index (χ2v) is 6.64. The van der Waals surface area contributed by atoms with Gasteiger partial charge in [-0.3, -0.25) is 5.10 Å². The highest BCUT2D eigenvalue weighted by atomic mass is 32.1. The Morgan fingerprint density at radius 1 is 1.22 bits per heavy atom. The van der Waals surface area contributed by atoms with Crippen molar-refractivity contribution in [1.29, 1.82) is 0 Å². The Morgan fingerprint density at radius 3 is 2.85 bits per heavy atom. The zero-order chi connectivity index (χ0) is 18.5. The first-order valence-corrected chi connectivity index (χ1v) is 9.31. The van der Waals surface area contributed by atoms with Crippen LogP contribution in [0.25, 0.3) is 0 Å². The molecule has 0 saturated carbocycles. The van der Waals surface area contributed by atoms with Crippen LogP contribution < -0.4 is 4.74 Å². The molecule has 27 heavy (non-hydrogen) atoms. The molecule has 138 valence electrons. The van der Waals surface area contributed by atoms with Gasteiger partial charge in [-0.15, -0.1) is 0 Å². The van der Waals surface area contributed by atoms with Crippen molar-refractivity contribution in [3.8, 4) is 5.75 Å². The molecule has 1 aromatic heterocycles. The molecule has 1 fully saturated rings. The number of hydrogen-bond donors (Lipinski definition) is 1. The lowest BCUT2D eigenvalue weighted by Crippen LogP contribution is -2.05. The van der Waals surface area contributed by atoms with Crippen LogP contribution in [0.2, 0.25) is 0 Å². The van der Waals surface area contributed by atoms with Crippen LogP contribution >= 0.6 is 12.2 Å². The number of hydrogen-bond acceptors (Lipinski definition) is 5. The van der Waals surface area contributed by atoms with Crippen molar-refractivity contribution < 1.29 is 9.47 Å². The number of benzene rings is 2. The highest BCUT2D eigenvalue weighted by molar-refractivity contribution is 7.71.